The van der Waals surface area contributed by atoms with E-state index in [0.717, 1.165) is 107 Å². The van der Waals surface area contributed by atoms with Gasteiger partial charge < -0.3 is 33.7 Å². The Balaban J connectivity index is 2.35. The molecule has 3 saturated carbocycles. The van der Waals surface area contributed by atoms with E-state index < -0.39 is 77.2 Å². The van der Waals surface area contributed by atoms with E-state index >= 15 is 0 Å². The Morgan fingerprint density at radius 2 is 0.978 bits per heavy atom. The van der Waals surface area contributed by atoms with Crippen molar-refractivity contribution in [1.82, 2.24) is 5.32 Å². The minimum absolute atomic E-state index is 0.0994. The van der Waals surface area contributed by atoms with Crippen LogP contribution in [0.25, 0.3) is 0 Å². The fourth-order valence-electron chi connectivity index (χ4n) is 6.35. The maximum Gasteiger partial charge on any atom is 0.317 e. The number of carbonyl (C=O) groups excluding carboxylic acids is 6. The summed E-state index contributed by atoms with van der Waals surface area (Å²) in [5.74, 6) is -13.5. The lowest BCUT2D eigenvalue weighted by atomic mass is 9.70. The second-order valence-electron chi connectivity index (χ2n) is 11.2. The molecule has 14 heteroatoms. The van der Waals surface area contributed by atoms with E-state index in [1.165, 1.54) is 0 Å². The van der Waals surface area contributed by atoms with Gasteiger partial charge in [0, 0.05) is 12.0 Å². The van der Waals surface area contributed by atoms with Gasteiger partial charge in [-0.1, -0.05) is 38.5 Å². The van der Waals surface area contributed by atoms with Crippen molar-refractivity contribution in [1.29, 1.82) is 0 Å². The molecule has 253 valence electrons. The number of hydrogen-bond acceptors (Lipinski definition) is 13. The summed E-state index contributed by atoms with van der Waals surface area (Å²) in [6.45, 7) is 0. The Morgan fingerprint density at radius 1 is 0.565 bits per heavy atom. The molecule has 0 aromatic heterocycles. The first kappa shape index (κ1) is 36.8. The molecule has 2 atom stereocenters. The van der Waals surface area contributed by atoms with E-state index in [9.17, 15) is 28.8 Å². The first-order valence-corrected chi connectivity index (χ1v) is 15.3. The molecule has 3 aliphatic carbocycles. The van der Waals surface area contributed by atoms with Gasteiger partial charge in [0.1, 0.15) is 35.4 Å². The summed E-state index contributed by atoms with van der Waals surface area (Å²) in [4.78, 5) is 86.2. The highest BCUT2D eigenvalue weighted by atomic mass is 16.5. The smallest absolute Gasteiger partial charge is 0.317 e. The third-order valence-electron chi connectivity index (χ3n) is 8.55. The maximum absolute atomic E-state index is 13.9. The second-order valence-corrected chi connectivity index (χ2v) is 11.2. The number of nitrogens with zero attached hydrogens (tertiary/aromatic N) is 1. The zero-order chi connectivity index (χ0) is 34.0. The van der Waals surface area contributed by atoms with Crippen LogP contribution < -0.4 is 5.32 Å². The lowest BCUT2D eigenvalue weighted by Gasteiger charge is -2.35. The minimum atomic E-state index is -1.86. The molecule has 0 aromatic carbocycles. The fourth-order valence-corrected chi connectivity index (χ4v) is 6.35. The van der Waals surface area contributed by atoms with Gasteiger partial charge in [-0.15, -0.1) is 0 Å². The van der Waals surface area contributed by atoms with Gasteiger partial charge >= 0.3 is 35.8 Å². The van der Waals surface area contributed by atoms with Crippen molar-refractivity contribution in [2.24, 2.45) is 16.8 Å². The van der Waals surface area contributed by atoms with Crippen molar-refractivity contribution in [3.8, 4) is 0 Å². The van der Waals surface area contributed by atoms with Crippen molar-refractivity contribution in [2.75, 3.05) is 42.7 Å². The predicted octanol–water partition coefficient (Wildman–Crippen LogP) is 1.80. The average molecular weight is 648 g/mol. The van der Waals surface area contributed by atoms with E-state index in [0.29, 0.717) is 0 Å². The third-order valence-corrected chi connectivity index (χ3v) is 8.55. The van der Waals surface area contributed by atoms with Gasteiger partial charge in [-0.3, -0.25) is 33.8 Å². The maximum atomic E-state index is 13.9. The summed E-state index contributed by atoms with van der Waals surface area (Å²) >= 11 is 0. The van der Waals surface area contributed by atoms with E-state index in [4.69, 9.17) is 33.4 Å². The molecule has 3 aliphatic rings. The number of esters is 6. The molecule has 5 radical (unpaired) electrons. The molecular formula is C32H43N2O12. The molecule has 0 spiro atoms. The first-order chi connectivity index (χ1) is 22.1. The van der Waals surface area contributed by atoms with Gasteiger partial charge in [-0.25, -0.2) is 0 Å². The van der Waals surface area contributed by atoms with Crippen molar-refractivity contribution < 1.29 is 57.2 Å². The van der Waals surface area contributed by atoms with Crippen LogP contribution in [0.15, 0.2) is 4.99 Å². The van der Waals surface area contributed by atoms with Crippen LogP contribution in [-0.4, -0.2) is 96.4 Å². The van der Waals surface area contributed by atoms with Crippen LogP contribution in [-0.2, 0) is 57.2 Å². The number of amidine groups is 1. The van der Waals surface area contributed by atoms with Crippen LogP contribution in [0, 0.1) is 41.4 Å². The molecule has 0 heterocycles. The Labute approximate surface area is 269 Å². The number of aliphatic imine (C=N–C) groups is 1. The van der Waals surface area contributed by atoms with Crippen molar-refractivity contribution in [3.63, 3.8) is 0 Å². The van der Waals surface area contributed by atoms with Crippen LogP contribution >= 0.6 is 0 Å². The lowest BCUT2D eigenvalue weighted by Crippen LogP contribution is -2.51. The standard InChI is InChI=1S/C32H43N2O12/c1-41-27(35)20-19(21(28(36)42-2)24(31(39)45-5)23(20)30(38)44-4)22(29(37)43-3)25(32(40)46-6)26(33-17-13-9-7-10-14-17)34-18-15-11-8-12-16-18/h17-18,22,25H,7-16H2,1-6H3,(H,33,34)/t22-,25+/m0/s1. The molecule has 3 rings (SSSR count). The number of carbonyl (C=O) groups is 6. The molecule has 0 aliphatic heterocycles. The Hall–Kier alpha value is -3.71. The van der Waals surface area contributed by atoms with Crippen LogP contribution in [0.4, 0.5) is 0 Å². The largest absolute Gasteiger partial charge is 0.469 e. The SMILES string of the molecule is COC(=O)[C]1[C](C(=O)OC)[C](C(=O)OC)[C]([C@H](C(=O)OC)[C@@H](C(=O)OC)C(=NC2CCCCC2)NC2CCCCC2)[C]1C(=O)OC. The fraction of sp³-hybridized carbons (Fsp3) is 0.625. The molecule has 0 unspecified atom stereocenters. The number of ether oxygens (including phenoxy) is 6. The summed E-state index contributed by atoms with van der Waals surface area (Å²) in [7, 11) is 6.16. The number of rotatable bonds is 11. The van der Waals surface area contributed by atoms with Gasteiger partial charge in [-0.05, 0) is 25.7 Å². The third kappa shape index (κ3) is 7.98. The molecular weight excluding hydrogens is 604 g/mol. The second kappa shape index (κ2) is 17.3. The summed E-state index contributed by atoms with van der Waals surface area (Å²) in [6, 6.07) is -0.293. The van der Waals surface area contributed by atoms with Gasteiger partial charge in [0.25, 0.3) is 0 Å². The number of methoxy groups -OCH3 is 6. The Bertz CT molecular complexity index is 1100. The predicted molar refractivity (Wildman–Crippen MR) is 160 cm³/mol. The molecule has 0 aromatic rings. The molecule has 0 saturated heterocycles. The van der Waals surface area contributed by atoms with E-state index in [1.807, 2.05) is 0 Å². The zero-order valence-electron chi connectivity index (χ0n) is 27.2. The molecule has 14 nitrogen and oxygen atoms in total. The monoisotopic (exact) mass is 647 g/mol. The highest BCUT2D eigenvalue weighted by Gasteiger charge is 2.70. The summed E-state index contributed by atoms with van der Waals surface area (Å²) in [6.07, 6.45) is 8.81. The number of nitrogens with one attached hydrogen (secondary N) is 1. The normalized spacial score (nSPS) is 21.1. The minimum Gasteiger partial charge on any atom is -0.469 e. The molecule has 3 fully saturated rings. The van der Waals surface area contributed by atoms with Crippen LogP contribution in [0.2, 0.25) is 0 Å². The van der Waals surface area contributed by atoms with Crippen molar-refractivity contribution >= 4 is 41.7 Å². The molecule has 0 bridgehead atoms. The topological polar surface area (TPSA) is 182 Å². The average Bonchev–Trinajstić information content (AvgIpc) is 3.44. The zero-order valence-corrected chi connectivity index (χ0v) is 27.2. The van der Waals surface area contributed by atoms with Gasteiger partial charge in [0.05, 0.1) is 54.6 Å². The molecule has 1 N–H and O–H groups in total. The highest BCUT2D eigenvalue weighted by Crippen LogP contribution is 2.59. The van der Waals surface area contributed by atoms with E-state index in [-0.39, 0.29) is 17.9 Å². The van der Waals surface area contributed by atoms with E-state index in [2.05, 4.69) is 5.32 Å². The first-order valence-electron chi connectivity index (χ1n) is 15.3. The van der Waals surface area contributed by atoms with Crippen LogP contribution in [0.5, 0.6) is 0 Å². The van der Waals surface area contributed by atoms with Gasteiger partial charge in [0.2, 0.25) is 0 Å². The van der Waals surface area contributed by atoms with Crippen molar-refractivity contribution in [2.45, 2.75) is 76.3 Å². The van der Waals surface area contributed by atoms with E-state index in [1.54, 1.807) is 0 Å². The highest BCUT2D eigenvalue weighted by molar-refractivity contribution is 6.24. The summed E-state index contributed by atoms with van der Waals surface area (Å²) < 4.78 is 30.1. The molecule has 0 amide bonds. The van der Waals surface area contributed by atoms with Gasteiger partial charge in [-0.2, -0.15) is 0 Å². The summed E-state index contributed by atoms with van der Waals surface area (Å²) in [5, 5.41) is 3.39. The molecule has 46 heavy (non-hydrogen) atoms. The van der Waals surface area contributed by atoms with Gasteiger partial charge in [0.15, 0.2) is 0 Å². The van der Waals surface area contributed by atoms with Crippen LogP contribution in [0.1, 0.15) is 64.2 Å². The lowest BCUT2D eigenvalue weighted by molar-refractivity contribution is -0.154. The quantitative estimate of drug-likeness (QED) is 0.148. The van der Waals surface area contributed by atoms with Crippen LogP contribution in [0.3, 0.4) is 0 Å². The van der Waals surface area contributed by atoms with Crippen molar-refractivity contribution in [3.05, 3.63) is 29.6 Å². The summed E-state index contributed by atoms with van der Waals surface area (Å²) in [5.41, 5.74) is 0. The number of hydrogen-bond donors (Lipinski definition) is 1. The Morgan fingerprint density at radius 3 is 1.39 bits per heavy atom. The Kier molecular flexibility index (Phi) is 13.8.